The van der Waals surface area contributed by atoms with Gasteiger partial charge in [-0.2, -0.15) is 4.31 Å². The molecular weight excluding hydrogens is 278 g/mol. The minimum absolute atomic E-state index is 0.114. The van der Waals surface area contributed by atoms with Crippen LogP contribution in [-0.2, 0) is 10.0 Å². The molecule has 1 aromatic carbocycles. The predicted octanol–water partition coefficient (Wildman–Crippen LogP) is 0.0941. The number of nitrogens with zero attached hydrogens (tertiary/aromatic N) is 1. The molecule has 20 heavy (non-hydrogen) atoms. The van der Waals surface area contributed by atoms with Gasteiger partial charge in [0, 0.05) is 18.7 Å². The van der Waals surface area contributed by atoms with Crippen molar-refractivity contribution in [2.45, 2.75) is 24.3 Å². The van der Waals surface area contributed by atoms with Crippen LogP contribution < -0.4 is 0 Å². The van der Waals surface area contributed by atoms with E-state index in [0.29, 0.717) is 18.5 Å². The van der Waals surface area contributed by atoms with Gasteiger partial charge in [-0.25, -0.2) is 8.42 Å². The van der Waals surface area contributed by atoms with Crippen LogP contribution in [0.4, 0.5) is 0 Å². The van der Waals surface area contributed by atoms with Gasteiger partial charge in [-0.15, -0.1) is 0 Å². The van der Waals surface area contributed by atoms with Crippen molar-refractivity contribution in [1.29, 1.82) is 0 Å². The van der Waals surface area contributed by atoms with Crippen molar-refractivity contribution in [3.63, 3.8) is 0 Å². The molecule has 0 aromatic heterocycles. The standard InChI is InChI=1S/C14H17NO4S/c1-11-4-5-14(12(9-11)3-2-8-16)20(18,19)15-7-6-13(17)10-15/h4-5,9,13,16-17H,6-8,10H2,1H3. The third-order valence-electron chi connectivity index (χ3n) is 3.18. The first-order valence-corrected chi connectivity index (χ1v) is 7.78. The van der Waals surface area contributed by atoms with E-state index in [0.717, 1.165) is 5.56 Å². The zero-order valence-electron chi connectivity index (χ0n) is 11.2. The Hall–Kier alpha value is -1.39. The van der Waals surface area contributed by atoms with Crippen LogP contribution in [0.2, 0.25) is 0 Å². The zero-order valence-corrected chi connectivity index (χ0v) is 12.0. The first-order chi connectivity index (χ1) is 9.45. The zero-order chi connectivity index (χ0) is 14.8. The Morgan fingerprint density at radius 1 is 1.45 bits per heavy atom. The first kappa shape index (κ1) is 15.0. The van der Waals surface area contributed by atoms with Crippen LogP contribution in [0.5, 0.6) is 0 Å². The number of aliphatic hydroxyl groups is 2. The van der Waals surface area contributed by atoms with Gasteiger partial charge in [-0.3, -0.25) is 0 Å². The predicted molar refractivity (Wildman–Crippen MR) is 74.5 cm³/mol. The molecule has 1 saturated heterocycles. The maximum absolute atomic E-state index is 12.6. The molecule has 0 spiro atoms. The van der Waals surface area contributed by atoms with Gasteiger partial charge in [0.25, 0.3) is 0 Å². The highest BCUT2D eigenvalue weighted by molar-refractivity contribution is 7.89. The van der Waals surface area contributed by atoms with Crippen molar-refractivity contribution in [1.82, 2.24) is 4.31 Å². The van der Waals surface area contributed by atoms with Crippen LogP contribution in [0.3, 0.4) is 0 Å². The molecule has 0 saturated carbocycles. The van der Waals surface area contributed by atoms with E-state index in [1.807, 2.05) is 6.92 Å². The number of hydrogen-bond donors (Lipinski definition) is 2. The van der Waals surface area contributed by atoms with E-state index in [9.17, 15) is 13.5 Å². The number of aliphatic hydroxyl groups excluding tert-OH is 2. The molecule has 1 aliphatic heterocycles. The Balaban J connectivity index is 2.46. The number of rotatable bonds is 2. The SMILES string of the molecule is Cc1ccc(S(=O)(=O)N2CCC(O)C2)c(C#CCO)c1. The summed E-state index contributed by atoms with van der Waals surface area (Å²) in [6, 6.07) is 4.92. The fraction of sp³-hybridized carbons (Fsp3) is 0.429. The summed E-state index contributed by atoms with van der Waals surface area (Å²) in [4.78, 5) is 0.123. The summed E-state index contributed by atoms with van der Waals surface area (Å²) in [5.41, 5.74) is 1.27. The topological polar surface area (TPSA) is 77.8 Å². The number of benzene rings is 1. The van der Waals surface area contributed by atoms with Crippen molar-refractivity contribution in [3.05, 3.63) is 29.3 Å². The summed E-state index contributed by atoms with van der Waals surface area (Å²) < 4.78 is 26.4. The third-order valence-corrected chi connectivity index (χ3v) is 5.10. The normalized spacial score (nSPS) is 19.6. The fourth-order valence-electron chi connectivity index (χ4n) is 2.17. The lowest BCUT2D eigenvalue weighted by Gasteiger charge is -2.17. The van der Waals surface area contributed by atoms with Crippen LogP contribution in [0.15, 0.2) is 23.1 Å². The van der Waals surface area contributed by atoms with Crippen LogP contribution in [0.25, 0.3) is 0 Å². The van der Waals surface area contributed by atoms with Gasteiger partial charge in [-0.1, -0.05) is 17.9 Å². The fourth-order valence-corrected chi connectivity index (χ4v) is 3.79. The maximum Gasteiger partial charge on any atom is 0.244 e. The van der Waals surface area contributed by atoms with Crippen molar-refractivity contribution in [3.8, 4) is 11.8 Å². The second-order valence-corrected chi connectivity index (χ2v) is 6.67. The average Bonchev–Trinajstić information content (AvgIpc) is 2.83. The maximum atomic E-state index is 12.6. The molecule has 1 atom stereocenters. The van der Waals surface area contributed by atoms with E-state index < -0.39 is 16.1 Å². The Labute approximate surface area is 118 Å². The molecule has 0 aliphatic carbocycles. The quantitative estimate of drug-likeness (QED) is 0.758. The monoisotopic (exact) mass is 295 g/mol. The molecule has 1 aliphatic rings. The molecule has 6 heteroatoms. The summed E-state index contributed by atoms with van der Waals surface area (Å²) in [5.74, 6) is 5.15. The second-order valence-electron chi connectivity index (χ2n) is 4.77. The van der Waals surface area contributed by atoms with Crippen LogP contribution in [0, 0.1) is 18.8 Å². The van der Waals surface area contributed by atoms with Crippen molar-refractivity contribution in [2.75, 3.05) is 19.7 Å². The molecule has 1 fully saturated rings. The molecular formula is C14H17NO4S. The largest absolute Gasteiger partial charge is 0.392 e. The number of aryl methyl sites for hydroxylation is 1. The van der Waals surface area contributed by atoms with Crippen LogP contribution in [-0.4, -0.2) is 48.7 Å². The minimum Gasteiger partial charge on any atom is -0.392 e. The van der Waals surface area contributed by atoms with E-state index in [-0.39, 0.29) is 18.0 Å². The van der Waals surface area contributed by atoms with Crippen molar-refractivity contribution in [2.24, 2.45) is 0 Å². The Kier molecular flexibility index (Phi) is 4.45. The molecule has 1 aromatic rings. The van der Waals surface area contributed by atoms with Gasteiger partial charge in [0.2, 0.25) is 10.0 Å². The number of β-amino-alcohol motifs (C(OH)–C–C–N with tert-alkyl or cyclic N) is 1. The molecule has 1 heterocycles. The van der Waals surface area contributed by atoms with Crippen LogP contribution >= 0.6 is 0 Å². The number of sulfonamides is 1. The van der Waals surface area contributed by atoms with E-state index in [1.165, 1.54) is 10.4 Å². The molecule has 108 valence electrons. The molecule has 2 rings (SSSR count). The highest BCUT2D eigenvalue weighted by atomic mass is 32.2. The minimum atomic E-state index is -3.66. The molecule has 2 N–H and O–H groups in total. The van der Waals surface area contributed by atoms with Gasteiger partial charge in [0.05, 0.1) is 11.0 Å². The van der Waals surface area contributed by atoms with Gasteiger partial charge < -0.3 is 10.2 Å². The first-order valence-electron chi connectivity index (χ1n) is 6.33. The van der Waals surface area contributed by atoms with Gasteiger partial charge in [0.15, 0.2) is 0 Å². The lowest BCUT2D eigenvalue weighted by atomic mass is 10.1. The summed E-state index contributed by atoms with van der Waals surface area (Å²) in [6.45, 7) is 1.95. The molecule has 0 amide bonds. The van der Waals surface area contributed by atoms with Gasteiger partial charge >= 0.3 is 0 Å². The Morgan fingerprint density at radius 2 is 2.20 bits per heavy atom. The summed E-state index contributed by atoms with van der Waals surface area (Å²) in [6.07, 6.45) is -0.162. The van der Waals surface area contributed by atoms with Gasteiger partial charge in [-0.05, 0) is 31.0 Å². The van der Waals surface area contributed by atoms with E-state index in [2.05, 4.69) is 11.8 Å². The van der Waals surface area contributed by atoms with E-state index in [4.69, 9.17) is 5.11 Å². The summed E-state index contributed by atoms with van der Waals surface area (Å²) in [7, 11) is -3.66. The molecule has 5 nitrogen and oxygen atoms in total. The molecule has 1 unspecified atom stereocenters. The van der Waals surface area contributed by atoms with E-state index in [1.54, 1.807) is 12.1 Å². The highest BCUT2D eigenvalue weighted by Crippen LogP contribution is 2.24. The highest BCUT2D eigenvalue weighted by Gasteiger charge is 2.32. The van der Waals surface area contributed by atoms with Crippen molar-refractivity contribution < 1.29 is 18.6 Å². The van der Waals surface area contributed by atoms with Crippen LogP contribution in [0.1, 0.15) is 17.5 Å². The van der Waals surface area contributed by atoms with Crippen molar-refractivity contribution >= 4 is 10.0 Å². The van der Waals surface area contributed by atoms with Gasteiger partial charge in [0.1, 0.15) is 6.61 Å². The lowest BCUT2D eigenvalue weighted by Crippen LogP contribution is -2.30. The lowest BCUT2D eigenvalue weighted by molar-refractivity contribution is 0.189. The van der Waals surface area contributed by atoms with E-state index >= 15 is 0 Å². The summed E-state index contributed by atoms with van der Waals surface area (Å²) >= 11 is 0. The Morgan fingerprint density at radius 3 is 2.80 bits per heavy atom. The molecule has 0 radical (unpaired) electrons. The third kappa shape index (κ3) is 3.02. The average molecular weight is 295 g/mol. The number of hydrogen-bond acceptors (Lipinski definition) is 4. The Bertz CT molecular complexity index is 657. The second kappa shape index (κ2) is 5.94. The molecule has 0 bridgehead atoms. The smallest absolute Gasteiger partial charge is 0.244 e. The summed E-state index contributed by atoms with van der Waals surface area (Å²) in [5, 5.41) is 18.3.